The summed E-state index contributed by atoms with van der Waals surface area (Å²) in [5.74, 6) is -1.74. The molecule has 1 aliphatic rings. The fraction of sp³-hybridized carbons (Fsp3) is 0.318. The van der Waals surface area contributed by atoms with Crippen molar-refractivity contribution in [2.45, 2.75) is 6.42 Å². The summed E-state index contributed by atoms with van der Waals surface area (Å²) in [6.45, 7) is 4.70. The third-order valence-electron chi connectivity index (χ3n) is 5.00. The van der Waals surface area contributed by atoms with E-state index in [9.17, 15) is 14.0 Å². The Hall–Kier alpha value is -3.44. The number of para-hydroxylation sites is 1. The van der Waals surface area contributed by atoms with Gasteiger partial charge in [-0.2, -0.15) is 5.26 Å². The third kappa shape index (κ3) is 5.78. The molecule has 0 atom stereocenters. The highest BCUT2D eigenvalue weighted by atomic mass is 19.1. The summed E-state index contributed by atoms with van der Waals surface area (Å²) in [5.41, 5.74) is 1.64. The van der Waals surface area contributed by atoms with Crippen molar-refractivity contribution in [1.82, 2.24) is 10.2 Å². The Morgan fingerprint density at radius 2 is 1.70 bits per heavy atom. The molecule has 1 heterocycles. The standard InChI is InChI=1S/C22H24FN5O2/c23-18-6-8-19(9-7-18)28-14-12-27(13-15-28)11-3-10-25-21(29)22(30)26-20-5-2-1-4-17(20)16-24/h1-2,4-9H,3,10-15H2,(H,25,29)(H,26,30). The summed E-state index contributed by atoms with van der Waals surface area (Å²) in [7, 11) is 0. The van der Waals surface area contributed by atoms with Gasteiger partial charge in [-0.1, -0.05) is 12.1 Å². The average Bonchev–Trinajstić information content (AvgIpc) is 2.78. The molecule has 2 aromatic rings. The van der Waals surface area contributed by atoms with E-state index in [0.717, 1.165) is 44.8 Å². The summed E-state index contributed by atoms with van der Waals surface area (Å²) in [6.07, 6.45) is 0.727. The van der Waals surface area contributed by atoms with E-state index in [-0.39, 0.29) is 5.82 Å². The van der Waals surface area contributed by atoms with Crippen molar-refractivity contribution >= 4 is 23.2 Å². The topological polar surface area (TPSA) is 88.5 Å². The maximum absolute atomic E-state index is 13.0. The van der Waals surface area contributed by atoms with Gasteiger partial charge < -0.3 is 15.5 Å². The van der Waals surface area contributed by atoms with Gasteiger partial charge in [-0.25, -0.2) is 4.39 Å². The van der Waals surface area contributed by atoms with Crippen LogP contribution in [0.1, 0.15) is 12.0 Å². The zero-order valence-corrected chi connectivity index (χ0v) is 16.6. The number of benzene rings is 2. The van der Waals surface area contributed by atoms with Crippen molar-refractivity contribution in [2.75, 3.05) is 49.5 Å². The summed E-state index contributed by atoms with van der Waals surface area (Å²) < 4.78 is 13.0. The number of nitriles is 1. The molecule has 1 saturated heterocycles. The Labute approximate surface area is 175 Å². The number of hydrogen-bond donors (Lipinski definition) is 2. The van der Waals surface area contributed by atoms with Crippen LogP contribution in [-0.2, 0) is 9.59 Å². The highest BCUT2D eigenvalue weighted by Gasteiger charge is 2.18. The van der Waals surface area contributed by atoms with Gasteiger partial charge in [0.25, 0.3) is 0 Å². The maximum atomic E-state index is 13.0. The fourth-order valence-corrected chi connectivity index (χ4v) is 3.34. The SMILES string of the molecule is N#Cc1ccccc1NC(=O)C(=O)NCCCN1CCN(c2ccc(F)cc2)CC1. The molecule has 0 aromatic heterocycles. The number of carbonyl (C=O) groups excluding carboxylic acids is 2. The molecule has 1 aliphatic heterocycles. The van der Waals surface area contributed by atoms with Gasteiger partial charge in [0.2, 0.25) is 0 Å². The van der Waals surface area contributed by atoms with Gasteiger partial charge in [0.15, 0.2) is 0 Å². The van der Waals surface area contributed by atoms with Gasteiger partial charge in [0, 0.05) is 38.4 Å². The van der Waals surface area contributed by atoms with Crippen LogP contribution in [-0.4, -0.2) is 56.0 Å². The summed E-state index contributed by atoms with van der Waals surface area (Å²) >= 11 is 0. The summed E-state index contributed by atoms with van der Waals surface area (Å²) in [6, 6.07) is 15.0. The highest BCUT2D eigenvalue weighted by molar-refractivity contribution is 6.39. The lowest BCUT2D eigenvalue weighted by Gasteiger charge is -2.36. The number of halogens is 1. The Balaban J connectivity index is 1.34. The van der Waals surface area contributed by atoms with Gasteiger partial charge in [-0.15, -0.1) is 0 Å². The maximum Gasteiger partial charge on any atom is 0.313 e. The number of amides is 2. The van der Waals surface area contributed by atoms with Crippen molar-refractivity contribution in [2.24, 2.45) is 0 Å². The van der Waals surface area contributed by atoms with Crippen LogP contribution < -0.4 is 15.5 Å². The molecule has 0 unspecified atom stereocenters. The average molecular weight is 409 g/mol. The minimum atomic E-state index is -0.786. The number of nitrogens with zero attached hydrogens (tertiary/aromatic N) is 3. The van der Waals surface area contributed by atoms with Crippen LogP contribution in [0.5, 0.6) is 0 Å². The molecule has 0 aliphatic carbocycles. The van der Waals surface area contributed by atoms with Gasteiger partial charge in [0.1, 0.15) is 11.9 Å². The van der Waals surface area contributed by atoms with E-state index in [0.29, 0.717) is 17.8 Å². The molecule has 0 saturated carbocycles. The van der Waals surface area contributed by atoms with E-state index < -0.39 is 11.8 Å². The largest absolute Gasteiger partial charge is 0.369 e. The lowest BCUT2D eigenvalue weighted by Crippen LogP contribution is -2.47. The molecule has 7 nitrogen and oxygen atoms in total. The first kappa shape index (κ1) is 21.3. The molecular weight excluding hydrogens is 385 g/mol. The molecule has 0 radical (unpaired) electrons. The van der Waals surface area contributed by atoms with E-state index in [1.54, 1.807) is 36.4 Å². The second kappa shape index (κ2) is 10.4. The third-order valence-corrected chi connectivity index (χ3v) is 5.00. The van der Waals surface area contributed by atoms with E-state index in [1.807, 2.05) is 6.07 Å². The molecule has 1 fully saturated rings. The van der Waals surface area contributed by atoms with Crippen molar-refractivity contribution in [3.8, 4) is 6.07 Å². The molecule has 2 aromatic carbocycles. The number of anilines is 2. The van der Waals surface area contributed by atoms with E-state index in [1.165, 1.54) is 12.1 Å². The first-order valence-electron chi connectivity index (χ1n) is 9.88. The van der Waals surface area contributed by atoms with Gasteiger partial charge in [-0.05, 0) is 49.4 Å². The van der Waals surface area contributed by atoms with Gasteiger partial charge >= 0.3 is 11.8 Å². The van der Waals surface area contributed by atoms with Crippen molar-refractivity contribution < 1.29 is 14.0 Å². The quantitative estimate of drug-likeness (QED) is 0.563. The second-order valence-electron chi connectivity index (χ2n) is 7.03. The Kier molecular flexibility index (Phi) is 7.35. The monoisotopic (exact) mass is 409 g/mol. The molecule has 2 N–H and O–H groups in total. The Morgan fingerprint density at radius 3 is 2.40 bits per heavy atom. The van der Waals surface area contributed by atoms with Gasteiger partial charge in [0.05, 0.1) is 11.3 Å². The first-order valence-corrected chi connectivity index (χ1v) is 9.88. The molecule has 0 bridgehead atoms. The minimum Gasteiger partial charge on any atom is -0.369 e. The number of rotatable bonds is 6. The predicted molar refractivity (Wildman–Crippen MR) is 112 cm³/mol. The lowest BCUT2D eigenvalue weighted by atomic mass is 10.2. The molecule has 3 rings (SSSR count). The molecule has 8 heteroatoms. The van der Waals surface area contributed by atoms with Crippen LogP contribution in [0.25, 0.3) is 0 Å². The van der Waals surface area contributed by atoms with Crippen molar-refractivity contribution in [3.05, 3.63) is 59.9 Å². The minimum absolute atomic E-state index is 0.234. The molecule has 0 spiro atoms. The second-order valence-corrected chi connectivity index (χ2v) is 7.03. The smallest absolute Gasteiger partial charge is 0.313 e. The Morgan fingerprint density at radius 1 is 1.00 bits per heavy atom. The highest BCUT2D eigenvalue weighted by Crippen LogP contribution is 2.17. The summed E-state index contributed by atoms with van der Waals surface area (Å²) in [5, 5.41) is 14.1. The number of hydrogen-bond acceptors (Lipinski definition) is 5. The van der Waals surface area contributed by atoms with E-state index >= 15 is 0 Å². The van der Waals surface area contributed by atoms with E-state index in [4.69, 9.17) is 5.26 Å². The number of nitrogens with one attached hydrogen (secondary N) is 2. The molecule has 30 heavy (non-hydrogen) atoms. The number of piperazine rings is 1. The number of carbonyl (C=O) groups is 2. The predicted octanol–water partition coefficient (Wildman–Crippen LogP) is 1.96. The normalized spacial score (nSPS) is 14.1. The van der Waals surface area contributed by atoms with Crippen molar-refractivity contribution in [1.29, 1.82) is 5.26 Å². The fourth-order valence-electron chi connectivity index (χ4n) is 3.34. The van der Waals surface area contributed by atoms with Gasteiger partial charge in [-0.3, -0.25) is 14.5 Å². The molecular formula is C22H24FN5O2. The zero-order chi connectivity index (χ0) is 21.3. The molecule has 156 valence electrons. The van der Waals surface area contributed by atoms with Crippen LogP contribution >= 0.6 is 0 Å². The molecule has 2 amide bonds. The van der Waals surface area contributed by atoms with E-state index in [2.05, 4.69) is 20.4 Å². The van der Waals surface area contributed by atoms with Crippen LogP contribution in [0.2, 0.25) is 0 Å². The van der Waals surface area contributed by atoms with Crippen LogP contribution in [0.3, 0.4) is 0 Å². The van der Waals surface area contributed by atoms with Crippen LogP contribution in [0.4, 0.5) is 15.8 Å². The van der Waals surface area contributed by atoms with Crippen LogP contribution in [0, 0.1) is 17.1 Å². The summed E-state index contributed by atoms with van der Waals surface area (Å²) in [4.78, 5) is 28.5. The van der Waals surface area contributed by atoms with Crippen molar-refractivity contribution in [3.63, 3.8) is 0 Å². The first-order chi connectivity index (χ1) is 14.6. The van der Waals surface area contributed by atoms with Crippen LogP contribution in [0.15, 0.2) is 48.5 Å². The lowest BCUT2D eigenvalue weighted by molar-refractivity contribution is -0.136. The zero-order valence-electron chi connectivity index (χ0n) is 16.6. The Bertz CT molecular complexity index is 918.